The van der Waals surface area contributed by atoms with Crippen molar-refractivity contribution in [2.45, 2.75) is 38.3 Å². The van der Waals surface area contributed by atoms with Crippen LogP contribution >= 0.6 is 0 Å². The van der Waals surface area contributed by atoms with Crippen LogP contribution in [0.15, 0.2) is 18.2 Å². The van der Waals surface area contributed by atoms with E-state index < -0.39 is 0 Å². The number of benzene rings is 1. The van der Waals surface area contributed by atoms with Crippen LogP contribution in [0, 0.1) is 6.92 Å². The number of fused-ring (bicyclic) bond motifs is 4. The molecule has 1 aromatic carbocycles. The van der Waals surface area contributed by atoms with Crippen LogP contribution in [0.3, 0.4) is 0 Å². The molecule has 2 amide bonds. The molecule has 124 valence electrons. The monoisotopic (exact) mass is 317 g/mol. The Kier molecular flexibility index (Phi) is 4.81. The molecule has 4 bridgehead atoms. The number of aryl methyl sites for hydroxylation is 1. The smallest absolute Gasteiger partial charge is 0.251 e. The van der Waals surface area contributed by atoms with Crippen LogP contribution < -0.4 is 20.7 Å². The van der Waals surface area contributed by atoms with Crippen molar-refractivity contribution in [3.8, 4) is 5.75 Å². The summed E-state index contributed by atoms with van der Waals surface area (Å²) in [5.74, 6) is 0.627. The van der Waals surface area contributed by atoms with E-state index in [9.17, 15) is 9.59 Å². The van der Waals surface area contributed by atoms with Gasteiger partial charge < -0.3 is 20.7 Å². The number of carbonyl (C=O) groups is 2. The van der Waals surface area contributed by atoms with Crippen molar-refractivity contribution in [3.63, 3.8) is 0 Å². The normalized spacial score (nSPS) is 25.6. The molecule has 0 spiro atoms. The molecule has 0 aliphatic carbocycles. The second kappa shape index (κ2) is 7.00. The standard InChI is InChI=1S/C17H23N3O3/c1-11-2-3-12-8-15(11)23-7-6-18-16(21)9-13-4-5-14(20-13)10-19-17(12)22/h2-3,8,13-14,20H,4-7,9-10H2,1H3,(H,18,21)(H,19,22)/t13-,14+/m0/s1. The highest BCUT2D eigenvalue weighted by atomic mass is 16.5. The van der Waals surface area contributed by atoms with Gasteiger partial charge >= 0.3 is 0 Å². The average Bonchev–Trinajstić information content (AvgIpc) is 2.97. The maximum absolute atomic E-state index is 12.3. The fourth-order valence-electron chi connectivity index (χ4n) is 3.09. The first-order valence-corrected chi connectivity index (χ1v) is 8.16. The molecule has 1 aromatic rings. The Balaban J connectivity index is 1.75. The largest absolute Gasteiger partial charge is 0.491 e. The minimum Gasteiger partial charge on any atom is -0.491 e. The number of hydrogen-bond acceptors (Lipinski definition) is 4. The highest BCUT2D eigenvalue weighted by Crippen LogP contribution is 2.20. The lowest BCUT2D eigenvalue weighted by Crippen LogP contribution is -2.41. The molecule has 23 heavy (non-hydrogen) atoms. The van der Waals surface area contributed by atoms with Crippen molar-refractivity contribution < 1.29 is 14.3 Å². The van der Waals surface area contributed by atoms with Gasteiger partial charge in [-0.25, -0.2) is 0 Å². The number of hydrogen-bond donors (Lipinski definition) is 3. The summed E-state index contributed by atoms with van der Waals surface area (Å²) in [5.41, 5.74) is 1.57. The Morgan fingerprint density at radius 2 is 1.96 bits per heavy atom. The van der Waals surface area contributed by atoms with Crippen molar-refractivity contribution in [3.05, 3.63) is 29.3 Å². The summed E-state index contributed by atoms with van der Waals surface area (Å²) in [6.45, 7) is 3.36. The lowest BCUT2D eigenvalue weighted by Gasteiger charge is -2.15. The molecule has 3 N–H and O–H groups in total. The lowest BCUT2D eigenvalue weighted by atomic mass is 10.1. The van der Waals surface area contributed by atoms with Crippen LogP contribution in [0.25, 0.3) is 0 Å². The molecule has 6 nitrogen and oxygen atoms in total. The van der Waals surface area contributed by atoms with Crippen molar-refractivity contribution in [2.75, 3.05) is 19.7 Å². The quantitative estimate of drug-likeness (QED) is 0.659. The second-order valence-corrected chi connectivity index (χ2v) is 6.23. The van der Waals surface area contributed by atoms with E-state index in [1.807, 2.05) is 19.1 Å². The lowest BCUT2D eigenvalue weighted by molar-refractivity contribution is -0.121. The summed E-state index contributed by atoms with van der Waals surface area (Å²) < 4.78 is 5.70. The minimum atomic E-state index is -0.0934. The highest BCUT2D eigenvalue weighted by Gasteiger charge is 2.26. The molecule has 0 radical (unpaired) electrons. The van der Waals surface area contributed by atoms with E-state index in [-0.39, 0.29) is 23.9 Å². The number of rotatable bonds is 0. The number of nitrogens with one attached hydrogen (secondary N) is 3. The van der Waals surface area contributed by atoms with Gasteiger partial charge in [-0.2, -0.15) is 0 Å². The molecule has 2 aliphatic rings. The van der Waals surface area contributed by atoms with Crippen LogP contribution in [0.2, 0.25) is 0 Å². The Labute approximate surface area is 136 Å². The van der Waals surface area contributed by atoms with Crippen molar-refractivity contribution in [1.29, 1.82) is 0 Å². The van der Waals surface area contributed by atoms with Crippen LogP contribution in [-0.4, -0.2) is 43.6 Å². The minimum absolute atomic E-state index is 0.0381. The molecule has 0 saturated carbocycles. The van der Waals surface area contributed by atoms with E-state index in [1.165, 1.54) is 0 Å². The fraction of sp³-hybridized carbons (Fsp3) is 0.529. The van der Waals surface area contributed by atoms with E-state index in [4.69, 9.17) is 4.74 Å². The molecule has 0 aromatic heterocycles. The molecular weight excluding hydrogens is 294 g/mol. The van der Waals surface area contributed by atoms with Crippen molar-refractivity contribution in [1.82, 2.24) is 16.0 Å². The molecule has 6 heteroatoms. The van der Waals surface area contributed by atoms with Crippen molar-refractivity contribution >= 4 is 11.8 Å². The Bertz CT molecular complexity index is 603. The van der Waals surface area contributed by atoms with E-state index in [2.05, 4.69) is 16.0 Å². The maximum Gasteiger partial charge on any atom is 0.251 e. The van der Waals surface area contributed by atoms with Gasteiger partial charge in [-0.3, -0.25) is 9.59 Å². The molecule has 2 atom stereocenters. The molecule has 1 saturated heterocycles. The zero-order chi connectivity index (χ0) is 16.2. The van der Waals surface area contributed by atoms with Gasteiger partial charge in [0.1, 0.15) is 12.4 Å². The van der Waals surface area contributed by atoms with E-state index in [1.54, 1.807) is 6.07 Å². The zero-order valence-corrected chi connectivity index (χ0v) is 13.4. The highest BCUT2D eigenvalue weighted by molar-refractivity contribution is 5.94. The fourth-order valence-corrected chi connectivity index (χ4v) is 3.09. The molecule has 0 unspecified atom stereocenters. The summed E-state index contributed by atoms with van der Waals surface area (Å²) in [5, 5.41) is 9.27. The van der Waals surface area contributed by atoms with Crippen LogP contribution in [0.4, 0.5) is 0 Å². The SMILES string of the molecule is Cc1ccc2cc1OCCNC(=O)C[C@@H]1CC[C@H](CNC2=O)N1. The Morgan fingerprint density at radius 3 is 2.83 bits per heavy atom. The van der Waals surface area contributed by atoms with Crippen LogP contribution in [0.5, 0.6) is 5.75 Å². The predicted octanol–water partition coefficient (Wildman–Crippen LogP) is 0.744. The first-order chi connectivity index (χ1) is 11.1. The first kappa shape index (κ1) is 15.8. The molecule has 2 aliphatic heterocycles. The van der Waals surface area contributed by atoms with E-state index >= 15 is 0 Å². The Hall–Kier alpha value is -2.08. The maximum atomic E-state index is 12.3. The van der Waals surface area contributed by atoms with E-state index in [0.29, 0.717) is 37.4 Å². The van der Waals surface area contributed by atoms with Crippen molar-refractivity contribution in [2.24, 2.45) is 0 Å². The summed E-state index contributed by atoms with van der Waals surface area (Å²) in [6, 6.07) is 5.86. The number of ether oxygens (including phenoxy) is 1. The second-order valence-electron chi connectivity index (χ2n) is 6.23. The van der Waals surface area contributed by atoms with Gasteiger partial charge in [-0.05, 0) is 37.5 Å². The van der Waals surface area contributed by atoms with Gasteiger partial charge in [0, 0.05) is 30.6 Å². The summed E-state index contributed by atoms with van der Waals surface area (Å²) in [4.78, 5) is 24.2. The van der Waals surface area contributed by atoms with Crippen LogP contribution in [-0.2, 0) is 4.79 Å². The van der Waals surface area contributed by atoms with E-state index in [0.717, 1.165) is 18.4 Å². The molecule has 3 rings (SSSR count). The first-order valence-electron chi connectivity index (χ1n) is 8.16. The van der Waals surface area contributed by atoms with Gasteiger partial charge in [0.15, 0.2) is 0 Å². The van der Waals surface area contributed by atoms with Gasteiger partial charge in [-0.15, -0.1) is 0 Å². The zero-order valence-electron chi connectivity index (χ0n) is 13.4. The van der Waals surface area contributed by atoms with Gasteiger partial charge in [0.05, 0.1) is 6.54 Å². The Morgan fingerprint density at radius 1 is 1.13 bits per heavy atom. The third-order valence-electron chi connectivity index (χ3n) is 4.41. The topological polar surface area (TPSA) is 79.5 Å². The molecular formula is C17H23N3O3. The average molecular weight is 317 g/mol. The van der Waals surface area contributed by atoms with Crippen LogP contribution in [0.1, 0.15) is 35.2 Å². The molecule has 1 fully saturated rings. The third kappa shape index (κ3) is 4.01. The summed E-state index contributed by atoms with van der Waals surface area (Å²) >= 11 is 0. The predicted molar refractivity (Wildman–Crippen MR) is 86.6 cm³/mol. The molecule has 2 heterocycles. The summed E-state index contributed by atoms with van der Waals surface area (Å²) in [7, 11) is 0. The van der Waals surface area contributed by atoms with Gasteiger partial charge in [-0.1, -0.05) is 6.07 Å². The van der Waals surface area contributed by atoms with Gasteiger partial charge in [0.2, 0.25) is 5.91 Å². The van der Waals surface area contributed by atoms with Gasteiger partial charge in [0.25, 0.3) is 5.91 Å². The summed E-state index contributed by atoms with van der Waals surface area (Å²) in [6.07, 6.45) is 2.40. The number of carbonyl (C=O) groups excluding carboxylic acids is 2. The third-order valence-corrected chi connectivity index (χ3v) is 4.41. The number of amides is 2.